The molecule has 2 aliphatic rings. The highest BCUT2D eigenvalue weighted by Crippen LogP contribution is 2.40. The third kappa shape index (κ3) is 2.18. The highest BCUT2D eigenvalue weighted by atomic mass is 16.4. The fourth-order valence-corrected chi connectivity index (χ4v) is 3.11. The van der Waals surface area contributed by atoms with Crippen molar-refractivity contribution in [3.63, 3.8) is 0 Å². The SMILES string of the molecule is CCCCCN1C(=O)C(C(=O)O)=C(O)[C@@]2(C)CCCN12. The highest BCUT2D eigenvalue weighted by molar-refractivity contribution is 6.16. The Labute approximate surface area is 118 Å². The van der Waals surface area contributed by atoms with E-state index in [0.717, 1.165) is 25.7 Å². The van der Waals surface area contributed by atoms with Gasteiger partial charge in [-0.15, -0.1) is 0 Å². The van der Waals surface area contributed by atoms with E-state index in [0.29, 0.717) is 19.5 Å². The van der Waals surface area contributed by atoms with E-state index in [9.17, 15) is 19.8 Å². The van der Waals surface area contributed by atoms with Gasteiger partial charge in [-0.2, -0.15) is 0 Å². The number of hydrogen-bond acceptors (Lipinski definition) is 4. The van der Waals surface area contributed by atoms with Crippen molar-refractivity contribution >= 4 is 11.9 Å². The van der Waals surface area contributed by atoms with Crippen LogP contribution in [0.25, 0.3) is 0 Å². The van der Waals surface area contributed by atoms with Crippen molar-refractivity contribution < 1.29 is 19.8 Å². The molecular formula is C14H22N2O4. The number of aliphatic hydroxyl groups excluding tert-OH is 1. The molecule has 112 valence electrons. The van der Waals surface area contributed by atoms with Crippen molar-refractivity contribution in [1.29, 1.82) is 0 Å². The monoisotopic (exact) mass is 282 g/mol. The largest absolute Gasteiger partial charge is 0.509 e. The second-order valence-electron chi connectivity index (χ2n) is 5.66. The second kappa shape index (κ2) is 5.44. The molecule has 0 saturated carbocycles. The van der Waals surface area contributed by atoms with E-state index in [-0.39, 0.29) is 5.76 Å². The highest BCUT2D eigenvalue weighted by Gasteiger charge is 2.52. The number of carbonyl (C=O) groups excluding carboxylic acids is 1. The van der Waals surface area contributed by atoms with Crippen LogP contribution in [0.2, 0.25) is 0 Å². The topological polar surface area (TPSA) is 81.1 Å². The van der Waals surface area contributed by atoms with Gasteiger partial charge in [0.05, 0.1) is 5.54 Å². The summed E-state index contributed by atoms with van der Waals surface area (Å²) in [6.45, 7) is 5.06. The summed E-state index contributed by atoms with van der Waals surface area (Å²) in [5, 5.41) is 22.8. The van der Waals surface area contributed by atoms with E-state index in [1.165, 1.54) is 5.01 Å². The van der Waals surface area contributed by atoms with Crippen molar-refractivity contribution in [3.8, 4) is 0 Å². The lowest BCUT2D eigenvalue weighted by Crippen LogP contribution is -2.60. The molecule has 0 unspecified atom stereocenters. The van der Waals surface area contributed by atoms with Crippen LogP contribution >= 0.6 is 0 Å². The molecule has 1 fully saturated rings. The van der Waals surface area contributed by atoms with Gasteiger partial charge in [0.2, 0.25) is 0 Å². The van der Waals surface area contributed by atoms with Gasteiger partial charge in [-0.25, -0.2) is 9.80 Å². The molecule has 0 aromatic rings. The van der Waals surface area contributed by atoms with Gasteiger partial charge in [0.25, 0.3) is 5.91 Å². The number of aliphatic carboxylic acids is 1. The van der Waals surface area contributed by atoms with E-state index in [1.54, 1.807) is 6.92 Å². The van der Waals surface area contributed by atoms with Crippen molar-refractivity contribution in [2.75, 3.05) is 13.1 Å². The van der Waals surface area contributed by atoms with Crippen LogP contribution in [-0.4, -0.2) is 50.7 Å². The molecule has 0 radical (unpaired) electrons. The summed E-state index contributed by atoms with van der Waals surface area (Å²) in [6.07, 6.45) is 4.36. The first kappa shape index (κ1) is 14.8. The summed E-state index contributed by atoms with van der Waals surface area (Å²) in [4.78, 5) is 23.6. The molecule has 0 aromatic carbocycles. The maximum Gasteiger partial charge on any atom is 0.344 e. The molecule has 0 aliphatic carbocycles. The summed E-state index contributed by atoms with van der Waals surface area (Å²) in [5.74, 6) is -2.23. The number of fused-ring (bicyclic) bond motifs is 1. The lowest BCUT2D eigenvalue weighted by molar-refractivity contribution is -0.161. The van der Waals surface area contributed by atoms with E-state index in [2.05, 4.69) is 6.92 Å². The van der Waals surface area contributed by atoms with Gasteiger partial charge in [0.1, 0.15) is 5.76 Å². The number of carbonyl (C=O) groups is 2. The Morgan fingerprint density at radius 3 is 2.70 bits per heavy atom. The lowest BCUT2D eigenvalue weighted by Gasteiger charge is -2.46. The minimum absolute atomic E-state index is 0.292. The molecule has 1 saturated heterocycles. The first-order chi connectivity index (χ1) is 9.43. The van der Waals surface area contributed by atoms with E-state index in [4.69, 9.17) is 0 Å². The summed E-state index contributed by atoms with van der Waals surface area (Å²) < 4.78 is 0. The van der Waals surface area contributed by atoms with Gasteiger partial charge in [-0.05, 0) is 26.2 Å². The Kier molecular flexibility index (Phi) is 4.04. The van der Waals surface area contributed by atoms with E-state index >= 15 is 0 Å². The fraction of sp³-hybridized carbons (Fsp3) is 0.714. The van der Waals surface area contributed by atoms with Crippen LogP contribution in [0.15, 0.2) is 11.3 Å². The number of carboxylic acids is 1. The van der Waals surface area contributed by atoms with Gasteiger partial charge >= 0.3 is 5.97 Å². The zero-order valence-corrected chi connectivity index (χ0v) is 12.1. The Morgan fingerprint density at radius 2 is 2.10 bits per heavy atom. The molecule has 20 heavy (non-hydrogen) atoms. The molecule has 2 aliphatic heterocycles. The number of rotatable bonds is 5. The lowest BCUT2D eigenvalue weighted by atomic mass is 9.91. The normalized spacial score (nSPS) is 27.1. The molecule has 1 atom stereocenters. The van der Waals surface area contributed by atoms with Crippen molar-refractivity contribution in [1.82, 2.24) is 10.0 Å². The van der Waals surface area contributed by atoms with Crippen LogP contribution in [0, 0.1) is 0 Å². The number of hydrazine groups is 1. The van der Waals surface area contributed by atoms with Crippen molar-refractivity contribution in [3.05, 3.63) is 11.3 Å². The fourth-order valence-electron chi connectivity index (χ4n) is 3.11. The van der Waals surface area contributed by atoms with E-state index in [1.807, 2.05) is 5.01 Å². The Bertz CT molecular complexity index is 460. The van der Waals surface area contributed by atoms with Crippen LogP contribution in [0.3, 0.4) is 0 Å². The number of carboxylic acid groups (broad SMARTS) is 1. The minimum atomic E-state index is -1.35. The van der Waals surface area contributed by atoms with E-state index < -0.39 is 23.0 Å². The molecule has 0 aromatic heterocycles. The van der Waals surface area contributed by atoms with Crippen LogP contribution in [0.1, 0.15) is 46.0 Å². The molecule has 0 spiro atoms. The number of unbranched alkanes of at least 4 members (excludes halogenated alkanes) is 2. The molecule has 1 amide bonds. The molecule has 2 heterocycles. The first-order valence-electron chi connectivity index (χ1n) is 7.20. The van der Waals surface area contributed by atoms with Crippen LogP contribution in [0.5, 0.6) is 0 Å². The van der Waals surface area contributed by atoms with Gasteiger partial charge in [0, 0.05) is 13.1 Å². The number of hydrogen-bond donors (Lipinski definition) is 2. The van der Waals surface area contributed by atoms with Crippen molar-refractivity contribution in [2.24, 2.45) is 0 Å². The third-order valence-corrected chi connectivity index (χ3v) is 4.28. The third-order valence-electron chi connectivity index (χ3n) is 4.28. The number of amides is 1. The van der Waals surface area contributed by atoms with Gasteiger partial charge in [-0.1, -0.05) is 19.8 Å². The van der Waals surface area contributed by atoms with Gasteiger partial charge in [-0.3, -0.25) is 9.80 Å². The average molecular weight is 282 g/mol. The Balaban J connectivity index is 2.35. The van der Waals surface area contributed by atoms with Gasteiger partial charge in [0.15, 0.2) is 5.57 Å². The summed E-state index contributed by atoms with van der Waals surface area (Å²) in [6, 6.07) is 0. The maximum atomic E-state index is 12.3. The molecule has 6 heteroatoms. The Morgan fingerprint density at radius 1 is 1.40 bits per heavy atom. The number of nitrogens with zero attached hydrogens (tertiary/aromatic N) is 2. The quantitative estimate of drug-likeness (QED) is 0.592. The smallest absolute Gasteiger partial charge is 0.344 e. The number of aliphatic hydroxyl groups is 1. The van der Waals surface area contributed by atoms with Crippen LogP contribution < -0.4 is 0 Å². The average Bonchev–Trinajstić information content (AvgIpc) is 2.77. The summed E-state index contributed by atoms with van der Waals surface area (Å²) in [7, 11) is 0. The zero-order chi connectivity index (χ0) is 14.9. The molecule has 6 nitrogen and oxygen atoms in total. The maximum absolute atomic E-state index is 12.3. The standard InChI is InChI=1S/C14H22N2O4/c1-3-4-5-8-15-12(18)10(13(19)20)11(17)14(2)7-6-9-16(14)15/h17H,3-9H2,1-2H3,(H,19,20)/t14-/m1/s1. The predicted molar refractivity (Wildman–Crippen MR) is 72.9 cm³/mol. The molecule has 0 bridgehead atoms. The van der Waals surface area contributed by atoms with Crippen LogP contribution in [0.4, 0.5) is 0 Å². The molecule has 2 N–H and O–H groups in total. The predicted octanol–water partition coefficient (Wildman–Crippen LogP) is 1.68. The molecular weight excluding hydrogens is 260 g/mol. The minimum Gasteiger partial charge on any atom is -0.509 e. The first-order valence-corrected chi connectivity index (χ1v) is 7.20. The summed E-state index contributed by atoms with van der Waals surface area (Å²) in [5.41, 5.74) is -1.23. The van der Waals surface area contributed by atoms with Crippen molar-refractivity contribution in [2.45, 2.75) is 51.5 Å². The van der Waals surface area contributed by atoms with Gasteiger partial charge < -0.3 is 10.2 Å². The Hall–Kier alpha value is -1.56. The van der Waals surface area contributed by atoms with Crippen LogP contribution in [-0.2, 0) is 9.59 Å². The molecule has 2 rings (SSSR count). The second-order valence-corrected chi connectivity index (χ2v) is 5.66. The zero-order valence-electron chi connectivity index (χ0n) is 12.1. The summed E-state index contributed by atoms with van der Waals surface area (Å²) >= 11 is 0.